The van der Waals surface area contributed by atoms with Gasteiger partial charge in [0.25, 0.3) is 0 Å². The van der Waals surface area contributed by atoms with Crippen LogP contribution in [0, 0.1) is 3.57 Å². The second kappa shape index (κ2) is 6.04. The molecule has 1 unspecified atom stereocenters. The van der Waals surface area contributed by atoms with E-state index in [1.54, 1.807) is 0 Å². The highest BCUT2D eigenvalue weighted by Gasteiger charge is 2.09. The Balaban J connectivity index is 1.99. The average molecular weight is 376 g/mol. The quantitative estimate of drug-likeness (QED) is 0.833. The zero-order valence-electron chi connectivity index (χ0n) is 10.1. The fourth-order valence-electron chi connectivity index (χ4n) is 1.83. The summed E-state index contributed by atoms with van der Waals surface area (Å²) in [6.07, 6.45) is 5.72. The molecule has 0 fully saturated rings. The van der Waals surface area contributed by atoms with Crippen LogP contribution in [0.25, 0.3) is 0 Å². The number of aromatic nitrogens is 2. The van der Waals surface area contributed by atoms with Crippen LogP contribution < -0.4 is 5.73 Å². The summed E-state index contributed by atoms with van der Waals surface area (Å²) >= 11 is 8.32. The molecule has 2 rings (SSSR count). The van der Waals surface area contributed by atoms with Gasteiger partial charge < -0.3 is 5.73 Å². The number of hydrogen-bond donors (Lipinski definition) is 1. The molecule has 18 heavy (non-hydrogen) atoms. The second-order valence-corrected chi connectivity index (χ2v) is 5.91. The number of benzene rings is 1. The van der Waals surface area contributed by atoms with Gasteiger partial charge in [-0.25, -0.2) is 0 Å². The van der Waals surface area contributed by atoms with E-state index >= 15 is 0 Å². The van der Waals surface area contributed by atoms with E-state index in [4.69, 9.17) is 17.3 Å². The van der Waals surface area contributed by atoms with Crippen LogP contribution in [0.2, 0.25) is 5.02 Å². The first-order valence-corrected chi connectivity index (χ1v) is 7.20. The molecule has 0 aliphatic heterocycles. The fourth-order valence-corrected chi connectivity index (χ4v) is 2.36. The van der Waals surface area contributed by atoms with E-state index in [1.807, 2.05) is 42.3 Å². The Bertz CT molecular complexity index is 539. The van der Waals surface area contributed by atoms with Crippen molar-refractivity contribution in [1.29, 1.82) is 0 Å². The average Bonchev–Trinajstić information content (AvgIpc) is 2.75. The summed E-state index contributed by atoms with van der Waals surface area (Å²) in [5.74, 6) is 0. The minimum atomic E-state index is 0.0136. The van der Waals surface area contributed by atoms with Gasteiger partial charge in [-0.2, -0.15) is 5.10 Å². The van der Waals surface area contributed by atoms with Crippen LogP contribution in [-0.4, -0.2) is 9.78 Å². The molecule has 5 heteroatoms. The van der Waals surface area contributed by atoms with Crippen molar-refractivity contribution in [2.24, 2.45) is 12.8 Å². The lowest BCUT2D eigenvalue weighted by atomic mass is 10.0. The summed E-state index contributed by atoms with van der Waals surface area (Å²) in [5.41, 5.74) is 8.48. The van der Waals surface area contributed by atoms with Crippen LogP contribution >= 0.6 is 34.2 Å². The molecule has 0 radical (unpaired) electrons. The van der Waals surface area contributed by atoms with Crippen molar-refractivity contribution in [3.8, 4) is 0 Å². The molecule has 0 saturated carbocycles. The maximum absolute atomic E-state index is 6.18. The maximum Gasteiger partial charge on any atom is 0.0542 e. The number of rotatable bonds is 4. The summed E-state index contributed by atoms with van der Waals surface area (Å²) in [5, 5.41) is 4.92. The first-order valence-electron chi connectivity index (χ1n) is 5.74. The van der Waals surface area contributed by atoms with Crippen LogP contribution in [-0.2, 0) is 13.5 Å². The van der Waals surface area contributed by atoms with Gasteiger partial charge in [-0.1, -0.05) is 17.7 Å². The Morgan fingerprint density at radius 1 is 1.50 bits per heavy atom. The van der Waals surface area contributed by atoms with E-state index in [1.165, 1.54) is 5.56 Å². The Kier molecular flexibility index (Phi) is 4.64. The van der Waals surface area contributed by atoms with Crippen LogP contribution in [0.15, 0.2) is 30.6 Å². The van der Waals surface area contributed by atoms with Gasteiger partial charge in [0, 0.05) is 22.9 Å². The van der Waals surface area contributed by atoms with Crippen LogP contribution in [0.4, 0.5) is 0 Å². The van der Waals surface area contributed by atoms with E-state index < -0.39 is 0 Å². The number of nitrogens with zero attached hydrogens (tertiary/aromatic N) is 2. The third kappa shape index (κ3) is 3.46. The maximum atomic E-state index is 6.18. The van der Waals surface area contributed by atoms with Gasteiger partial charge in [-0.15, -0.1) is 0 Å². The monoisotopic (exact) mass is 375 g/mol. The van der Waals surface area contributed by atoms with Crippen LogP contribution in [0.5, 0.6) is 0 Å². The van der Waals surface area contributed by atoms with E-state index in [2.05, 4.69) is 27.7 Å². The van der Waals surface area contributed by atoms with E-state index in [9.17, 15) is 0 Å². The number of nitrogens with two attached hydrogens (primary N) is 1. The summed E-state index contributed by atoms with van der Waals surface area (Å²) in [4.78, 5) is 0. The van der Waals surface area contributed by atoms with E-state index in [-0.39, 0.29) is 6.04 Å². The highest BCUT2D eigenvalue weighted by atomic mass is 127. The van der Waals surface area contributed by atoms with Crippen molar-refractivity contribution in [3.05, 3.63) is 50.3 Å². The molecule has 0 bridgehead atoms. The summed E-state index contributed by atoms with van der Waals surface area (Å²) in [6, 6.07) is 6.01. The summed E-state index contributed by atoms with van der Waals surface area (Å²) < 4.78 is 2.86. The number of halogens is 2. The second-order valence-electron chi connectivity index (χ2n) is 4.34. The molecule has 0 spiro atoms. The van der Waals surface area contributed by atoms with Crippen molar-refractivity contribution in [3.63, 3.8) is 0 Å². The van der Waals surface area contributed by atoms with Crippen molar-refractivity contribution in [2.45, 2.75) is 18.9 Å². The lowest BCUT2D eigenvalue weighted by Gasteiger charge is -2.12. The van der Waals surface area contributed by atoms with Gasteiger partial charge in [-0.05, 0) is 58.7 Å². The minimum Gasteiger partial charge on any atom is -0.324 e. The molecule has 0 aliphatic rings. The third-order valence-corrected chi connectivity index (χ3v) is 4.45. The molecule has 2 N–H and O–H groups in total. The molecule has 3 nitrogen and oxygen atoms in total. The first-order chi connectivity index (χ1) is 8.56. The molecule has 1 aromatic heterocycles. The number of hydrogen-bond acceptors (Lipinski definition) is 2. The summed E-state index contributed by atoms with van der Waals surface area (Å²) in [7, 11) is 1.92. The lowest BCUT2D eigenvalue weighted by Crippen LogP contribution is -2.11. The van der Waals surface area contributed by atoms with Gasteiger partial charge in [0.05, 0.1) is 11.2 Å². The van der Waals surface area contributed by atoms with Crippen molar-refractivity contribution >= 4 is 34.2 Å². The van der Waals surface area contributed by atoms with Crippen molar-refractivity contribution in [1.82, 2.24) is 9.78 Å². The molecule has 0 saturated heterocycles. The Morgan fingerprint density at radius 2 is 2.28 bits per heavy atom. The molecular formula is C13H15ClIN3. The molecule has 2 aromatic rings. The predicted octanol–water partition coefficient (Wildman–Crippen LogP) is 3.31. The molecule has 96 valence electrons. The molecule has 1 heterocycles. The molecule has 0 amide bonds. The predicted molar refractivity (Wildman–Crippen MR) is 82.6 cm³/mol. The zero-order chi connectivity index (χ0) is 13.1. The van der Waals surface area contributed by atoms with Crippen molar-refractivity contribution < 1.29 is 0 Å². The lowest BCUT2D eigenvalue weighted by molar-refractivity contribution is 0.651. The molecule has 1 aromatic carbocycles. The highest BCUT2D eigenvalue weighted by Crippen LogP contribution is 2.24. The normalized spacial score (nSPS) is 12.7. The van der Waals surface area contributed by atoms with Gasteiger partial charge in [0.1, 0.15) is 0 Å². The standard InChI is InChI=1S/C13H15ClIN3/c1-18-8-9(7-17-18)2-5-13(16)10-3-4-12(15)11(14)6-10/h3-4,6-8,13H,2,5,16H2,1H3. The zero-order valence-corrected chi connectivity index (χ0v) is 13.0. The van der Waals surface area contributed by atoms with Crippen LogP contribution in [0.1, 0.15) is 23.6 Å². The summed E-state index contributed by atoms with van der Waals surface area (Å²) in [6.45, 7) is 0. The minimum absolute atomic E-state index is 0.0136. The molecule has 0 aliphatic carbocycles. The fraction of sp³-hybridized carbons (Fsp3) is 0.308. The van der Waals surface area contributed by atoms with Gasteiger partial charge >= 0.3 is 0 Å². The first kappa shape index (κ1) is 13.8. The molecular weight excluding hydrogens is 361 g/mol. The Morgan fingerprint density at radius 3 is 2.89 bits per heavy atom. The number of aryl methyl sites for hydroxylation is 2. The molecule has 1 atom stereocenters. The highest BCUT2D eigenvalue weighted by molar-refractivity contribution is 14.1. The van der Waals surface area contributed by atoms with Gasteiger partial charge in [-0.3, -0.25) is 4.68 Å². The van der Waals surface area contributed by atoms with E-state index in [0.29, 0.717) is 0 Å². The Labute approximate surface area is 125 Å². The Hall–Kier alpha value is -0.590. The largest absolute Gasteiger partial charge is 0.324 e. The third-order valence-electron chi connectivity index (χ3n) is 2.87. The van der Waals surface area contributed by atoms with Gasteiger partial charge in [0.2, 0.25) is 0 Å². The van der Waals surface area contributed by atoms with Crippen molar-refractivity contribution in [2.75, 3.05) is 0 Å². The van der Waals surface area contributed by atoms with E-state index in [0.717, 1.165) is 27.0 Å². The van der Waals surface area contributed by atoms with Gasteiger partial charge in [0.15, 0.2) is 0 Å². The SMILES string of the molecule is Cn1cc(CCC(N)c2ccc(I)c(Cl)c2)cn1. The topological polar surface area (TPSA) is 43.8 Å². The smallest absolute Gasteiger partial charge is 0.0542 e. The van der Waals surface area contributed by atoms with Crippen LogP contribution in [0.3, 0.4) is 0 Å².